The second-order valence-corrected chi connectivity index (χ2v) is 8.06. The van der Waals surface area contributed by atoms with Gasteiger partial charge in [-0.2, -0.15) is 5.10 Å². The third kappa shape index (κ3) is 7.25. The quantitative estimate of drug-likeness (QED) is 0.312. The van der Waals surface area contributed by atoms with Gasteiger partial charge in [0.05, 0.1) is 23.5 Å². The molecular weight excluding hydrogens is 448 g/mol. The Bertz CT molecular complexity index is 1060. The second-order valence-electron chi connectivity index (χ2n) is 6.79. The molecule has 0 fully saturated rings. The zero-order valence-corrected chi connectivity index (χ0v) is 19.5. The first-order chi connectivity index (χ1) is 15.5. The van der Waals surface area contributed by atoms with Gasteiger partial charge in [0.25, 0.3) is 5.91 Å². The van der Waals surface area contributed by atoms with Crippen LogP contribution in [0, 0.1) is 6.92 Å². The van der Waals surface area contributed by atoms with Crippen molar-refractivity contribution in [2.24, 2.45) is 5.10 Å². The average Bonchev–Trinajstić information content (AvgIpc) is 3.20. The van der Waals surface area contributed by atoms with Crippen molar-refractivity contribution in [1.82, 2.24) is 10.3 Å². The Kier molecular flexibility index (Phi) is 8.89. The Morgan fingerprint density at radius 1 is 1.22 bits per heavy atom. The van der Waals surface area contributed by atoms with Gasteiger partial charge in [-0.1, -0.05) is 41.9 Å². The molecule has 0 saturated heterocycles. The number of hydrazone groups is 1. The van der Waals surface area contributed by atoms with Gasteiger partial charge in [-0.05, 0) is 31.9 Å². The first-order valence-corrected chi connectivity index (χ1v) is 11.4. The molecule has 7 nitrogen and oxygen atoms in total. The second kappa shape index (κ2) is 12.1. The highest BCUT2D eigenvalue weighted by Gasteiger charge is 2.12. The SMILES string of the molecule is CCOc1cc(C=NNc2nc(C)cs2)c(Cl)cc1OCC(=O)NCCc1ccccc1. The van der Waals surface area contributed by atoms with Gasteiger partial charge < -0.3 is 14.8 Å². The number of amides is 1. The van der Waals surface area contributed by atoms with Crippen molar-refractivity contribution < 1.29 is 14.3 Å². The number of anilines is 1. The first-order valence-electron chi connectivity index (χ1n) is 10.2. The van der Waals surface area contributed by atoms with Crippen LogP contribution in [-0.2, 0) is 11.2 Å². The van der Waals surface area contributed by atoms with Crippen LogP contribution < -0.4 is 20.2 Å². The maximum absolute atomic E-state index is 12.2. The maximum Gasteiger partial charge on any atom is 0.257 e. The molecule has 0 bridgehead atoms. The molecule has 0 spiro atoms. The van der Waals surface area contributed by atoms with E-state index in [0.29, 0.717) is 40.4 Å². The van der Waals surface area contributed by atoms with Gasteiger partial charge in [0.2, 0.25) is 5.13 Å². The number of carbonyl (C=O) groups excluding carboxylic acids is 1. The van der Waals surface area contributed by atoms with Gasteiger partial charge >= 0.3 is 0 Å². The van der Waals surface area contributed by atoms with Crippen LogP contribution >= 0.6 is 22.9 Å². The Hall–Kier alpha value is -3.10. The third-order valence-electron chi connectivity index (χ3n) is 4.28. The highest BCUT2D eigenvalue weighted by atomic mass is 35.5. The van der Waals surface area contributed by atoms with E-state index in [1.54, 1.807) is 18.3 Å². The summed E-state index contributed by atoms with van der Waals surface area (Å²) in [5.41, 5.74) is 5.61. The van der Waals surface area contributed by atoms with Gasteiger partial charge in [0.1, 0.15) is 0 Å². The van der Waals surface area contributed by atoms with Crippen LogP contribution in [0.4, 0.5) is 5.13 Å². The van der Waals surface area contributed by atoms with Crippen molar-refractivity contribution in [3.8, 4) is 11.5 Å². The fraction of sp³-hybridized carbons (Fsp3) is 0.261. The minimum atomic E-state index is -0.215. The predicted molar refractivity (Wildman–Crippen MR) is 129 cm³/mol. The van der Waals surface area contributed by atoms with E-state index in [-0.39, 0.29) is 12.5 Å². The van der Waals surface area contributed by atoms with Crippen molar-refractivity contribution in [2.75, 3.05) is 25.2 Å². The van der Waals surface area contributed by atoms with Gasteiger partial charge in [0.15, 0.2) is 18.1 Å². The van der Waals surface area contributed by atoms with E-state index < -0.39 is 0 Å². The predicted octanol–water partition coefficient (Wildman–Crippen LogP) is 4.69. The average molecular weight is 473 g/mol. The highest BCUT2D eigenvalue weighted by molar-refractivity contribution is 7.13. The molecule has 0 aliphatic rings. The lowest BCUT2D eigenvalue weighted by atomic mass is 10.1. The zero-order valence-electron chi connectivity index (χ0n) is 17.9. The van der Waals surface area contributed by atoms with Crippen molar-refractivity contribution in [3.05, 3.63) is 69.7 Å². The number of benzene rings is 2. The molecule has 1 heterocycles. The van der Waals surface area contributed by atoms with Crippen molar-refractivity contribution in [1.29, 1.82) is 0 Å². The Morgan fingerprint density at radius 3 is 2.72 bits per heavy atom. The maximum atomic E-state index is 12.2. The largest absolute Gasteiger partial charge is 0.490 e. The third-order valence-corrected chi connectivity index (χ3v) is 5.48. The smallest absolute Gasteiger partial charge is 0.257 e. The number of thiazole rings is 1. The van der Waals surface area contributed by atoms with Crippen molar-refractivity contribution in [3.63, 3.8) is 0 Å². The Balaban J connectivity index is 1.56. The number of carbonyl (C=O) groups is 1. The molecule has 0 aliphatic carbocycles. The molecular formula is C23H25ClN4O3S. The van der Waals surface area contributed by atoms with E-state index in [9.17, 15) is 4.79 Å². The number of rotatable bonds is 11. The summed E-state index contributed by atoms with van der Waals surface area (Å²) in [4.78, 5) is 16.4. The van der Waals surface area contributed by atoms with Crippen LogP contribution in [0.3, 0.4) is 0 Å². The Labute approximate surface area is 196 Å². The van der Waals surface area contributed by atoms with E-state index in [0.717, 1.165) is 17.7 Å². The minimum Gasteiger partial charge on any atom is -0.490 e. The summed E-state index contributed by atoms with van der Waals surface area (Å²) >= 11 is 7.85. The van der Waals surface area contributed by atoms with Gasteiger partial charge in [-0.3, -0.25) is 10.2 Å². The molecule has 168 valence electrons. The number of nitrogens with one attached hydrogen (secondary N) is 2. The van der Waals surface area contributed by atoms with E-state index >= 15 is 0 Å². The van der Waals surface area contributed by atoms with Crippen molar-refractivity contribution in [2.45, 2.75) is 20.3 Å². The molecule has 9 heteroatoms. The summed E-state index contributed by atoms with van der Waals surface area (Å²) in [6.45, 7) is 4.62. The summed E-state index contributed by atoms with van der Waals surface area (Å²) in [5.74, 6) is 0.671. The molecule has 3 rings (SSSR count). The van der Waals surface area contributed by atoms with Gasteiger partial charge in [-0.15, -0.1) is 11.3 Å². The van der Waals surface area contributed by atoms with Gasteiger partial charge in [-0.25, -0.2) is 4.98 Å². The molecule has 0 radical (unpaired) electrons. The minimum absolute atomic E-state index is 0.135. The summed E-state index contributed by atoms with van der Waals surface area (Å²) in [6, 6.07) is 13.3. The van der Waals surface area contributed by atoms with E-state index in [1.807, 2.05) is 49.6 Å². The number of hydrogen-bond acceptors (Lipinski definition) is 7. The highest BCUT2D eigenvalue weighted by Crippen LogP contribution is 2.33. The summed E-state index contributed by atoms with van der Waals surface area (Å²) in [6.07, 6.45) is 2.34. The number of halogens is 1. The van der Waals surface area contributed by atoms with Crippen LogP contribution in [0.2, 0.25) is 5.02 Å². The van der Waals surface area contributed by atoms with E-state index in [2.05, 4.69) is 20.8 Å². The fourth-order valence-electron chi connectivity index (χ4n) is 2.78. The Morgan fingerprint density at radius 2 is 2.00 bits per heavy atom. The number of nitrogens with zero attached hydrogens (tertiary/aromatic N) is 2. The summed E-state index contributed by atoms with van der Waals surface area (Å²) in [5, 5.41) is 10.1. The molecule has 0 atom stereocenters. The number of hydrogen-bond donors (Lipinski definition) is 2. The molecule has 0 aliphatic heterocycles. The summed E-state index contributed by atoms with van der Waals surface area (Å²) in [7, 11) is 0. The molecule has 32 heavy (non-hydrogen) atoms. The molecule has 0 saturated carbocycles. The van der Waals surface area contributed by atoms with Crippen LogP contribution in [0.5, 0.6) is 11.5 Å². The van der Waals surface area contributed by atoms with E-state index in [4.69, 9.17) is 21.1 Å². The molecule has 0 unspecified atom stereocenters. The lowest BCUT2D eigenvalue weighted by Gasteiger charge is -2.14. The van der Waals surface area contributed by atoms with E-state index in [1.165, 1.54) is 11.3 Å². The standard InChI is InChI=1S/C23H25ClN4O3S/c1-3-30-20-11-18(13-26-28-23-27-16(2)15-32-23)19(24)12-21(20)31-14-22(29)25-10-9-17-7-5-4-6-8-17/h4-8,11-13,15H,3,9-10,14H2,1-2H3,(H,25,29)(H,27,28). The molecule has 1 aromatic heterocycles. The normalized spacial score (nSPS) is 10.8. The number of aromatic nitrogens is 1. The number of aryl methyl sites for hydroxylation is 1. The monoisotopic (exact) mass is 472 g/mol. The van der Waals surface area contributed by atoms with Gasteiger partial charge in [0, 0.05) is 23.6 Å². The summed E-state index contributed by atoms with van der Waals surface area (Å²) < 4.78 is 11.3. The molecule has 3 aromatic rings. The topological polar surface area (TPSA) is 84.8 Å². The van der Waals surface area contributed by atoms with Crippen LogP contribution in [0.15, 0.2) is 52.9 Å². The molecule has 2 aromatic carbocycles. The first kappa shape index (κ1) is 23.6. The lowest BCUT2D eigenvalue weighted by molar-refractivity contribution is -0.123. The van der Waals surface area contributed by atoms with Crippen molar-refractivity contribution >= 4 is 40.2 Å². The lowest BCUT2D eigenvalue weighted by Crippen LogP contribution is -2.30. The number of ether oxygens (including phenoxy) is 2. The zero-order chi connectivity index (χ0) is 22.8. The molecule has 2 N–H and O–H groups in total. The fourth-order valence-corrected chi connectivity index (χ4v) is 3.62. The van der Waals surface area contributed by atoms with Crippen LogP contribution in [0.25, 0.3) is 0 Å². The molecule has 1 amide bonds. The van der Waals surface area contributed by atoms with Crippen LogP contribution in [-0.4, -0.2) is 36.9 Å². The van der Waals surface area contributed by atoms with Crippen LogP contribution in [0.1, 0.15) is 23.7 Å².